The van der Waals surface area contributed by atoms with Crippen molar-refractivity contribution >= 4 is 21.7 Å². The average molecular weight is 324 g/mol. The van der Waals surface area contributed by atoms with Crippen LogP contribution < -0.4 is 5.32 Å². The van der Waals surface area contributed by atoms with Gasteiger partial charge in [0.05, 0.1) is 12.7 Å². The zero-order valence-electron chi connectivity index (χ0n) is 11.4. The van der Waals surface area contributed by atoms with Gasteiger partial charge in [0.15, 0.2) is 0 Å². The lowest BCUT2D eigenvalue weighted by atomic mass is 10.2. The van der Waals surface area contributed by atoms with Crippen molar-refractivity contribution in [3.8, 4) is 0 Å². The molecule has 2 aromatic heterocycles. The summed E-state index contributed by atoms with van der Waals surface area (Å²) in [5.74, 6) is 1.99. The number of aromatic nitrogens is 4. The minimum atomic E-state index is 0.312. The minimum absolute atomic E-state index is 0.312. The summed E-state index contributed by atoms with van der Waals surface area (Å²) in [5.41, 5.74) is 1.17. The van der Waals surface area contributed by atoms with E-state index in [1.54, 1.807) is 0 Å². The normalized spacial score (nSPS) is 11.0. The SMILES string of the molecule is Cc1cnn(CCNc2cc(Br)nc(C(C)C)n2)c1. The molecule has 0 saturated carbocycles. The van der Waals surface area contributed by atoms with Crippen LogP contribution in [-0.4, -0.2) is 26.3 Å². The van der Waals surface area contributed by atoms with Gasteiger partial charge in [0.1, 0.15) is 16.2 Å². The fourth-order valence-corrected chi connectivity index (χ4v) is 2.07. The lowest BCUT2D eigenvalue weighted by molar-refractivity contribution is 0.636. The Balaban J connectivity index is 1.95. The summed E-state index contributed by atoms with van der Waals surface area (Å²) in [6.07, 6.45) is 3.88. The fraction of sp³-hybridized carbons (Fsp3) is 0.462. The quantitative estimate of drug-likeness (QED) is 0.859. The molecule has 0 bridgehead atoms. The molecule has 0 radical (unpaired) electrons. The third-order valence-corrected chi connectivity index (χ3v) is 3.04. The standard InChI is InChI=1S/C13H18BrN5/c1-9(2)13-17-11(14)6-12(18-13)15-4-5-19-8-10(3)7-16-19/h6-9H,4-5H2,1-3H3,(H,15,17,18). The van der Waals surface area contributed by atoms with Crippen LogP contribution in [0.2, 0.25) is 0 Å². The maximum atomic E-state index is 4.49. The van der Waals surface area contributed by atoms with Crippen LogP contribution >= 0.6 is 15.9 Å². The van der Waals surface area contributed by atoms with Gasteiger partial charge in [-0.1, -0.05) is 13.8 Å². The van der Waals surface area contributed by atoms with E-state index in [0.29, 0.717) is 5.92 Å². The van der Waals surface area contributed by atoms with E-state index in [0.717, 1.165) is 29.3 Å². The molecular weight excluding hydrogens is 306 g/mol. The molecule has 2 heterocycles. The highest BCUT2D eigenvalue weighted by molar-refractivity contribution is 9.10. The van der Waals surface area contributed by atoms with Crippen molar-refractivity contribution in [3.63, 3.8) is 0 Å². The van der Waals surface area contributed by atoms with Crippen molar-refractivity contribution in [2.45, 2.75) is 33.2 Å². The second-order valence-electron chi connectivity index (χ2n) is 4.80. The first kappa shape index (κ1) is 14.0. The molecule has 0 atom stereocenters. The molecule has 0 aliphatic heterocycles. The molecule has 0 fully saturated rings. The molecule has 102 valence electrons. The molecule has 5 nitrogen and oxygen atoms in total. The van der Waals surface area contributed by atoms with E-state index in [1.807, 2.05) is 30.1 Å². The highest BCUT2D eigenvalue weighted by Gasteiger charge is 2.06. The van der Waals surface area contributed by atoms with Crippen molar-refractivity contribution in [2.75, 3.05) is 11.9 Å². The van der Waals surface area contributed by atoms with Crippen molar-refractivity contribution in [3.05, 3.63) is 34.5 Å². The highest BCUT2D eigenvalue weighted by Crippen LogP contribution is 2.17. The van der Waals surface area contributed by atoms with Crippen LogP contribution in [0.25, 0.3) is 0 Å². The van der Waals surface area contributed by atoms with Gasteiger partial charge in [-0.25, -0.2) is 9.97 Å². The Morgan fingerprint density at radius 1 is 1.37 bits per heavy atom. The Hall–Kier alpha value is -1.43. The largest absolute Gasteiger partial charge is 0.368 e. The molecule has 0 saturated heterocycles. The van der Waals surface area contributed by atoms with E-state index in [2.05, 4.69) is 50.2 Å². The van der Waals surface area contributed by atoms with E-state index in [4.69, 9.17) is 0 Å². The number of halogens is 1. The molecule has 0 spiro atoms. The molecule has 2 aromatic rings. The second-order valence-corrected chi connectivity index (χ2v) is 5.61. The Labute approximate surface area is 121 Å². The first-order valence-corrected chi connectivity index (χ1v) is 7.11. The summed E-state index contributed by atoms with van der Waals surface area (Å²) in [5, 5.41) is 7.54. The maximum Gasteiger partial charge on any atom is 0.134 e. The molecule has 6 heteroatoms. The number of hydrogen-bond donors (Lipinski definition) is 1. The Kier molecular flexibility index (Phi) is 4.52. The van der Waals surface area contributed by atoms with E-state index in [-0.39, 0.29) is 0 Å². The van der Waals surface area contributed by atoms with Crippen LogP contribution in [0.5, 0.6) is 0 Å². The predicted octanol–water partition coefficient (Wildman–Crippen LogP) is 2.98. The monoisotopic (exact) mass is 323 g/mol. The molecular formula is C13H18BrN5. The first-order valence-electron chi connectivity index (χ1n) is 6.32. The molecule has 0 amide bonds. The minimum Gasteiger partial charge on any atom is -0.368 e. The van der Waals surface area contributed by atoms with Gasteiger partial charge >= 0.3 is 0 Å². The third kappa shape index (κ3) is 4.02. The maximum absolute atomic E-state index is 4.49. The van der Waals surface area contributed by atoms with Crippen molar-refractivity contribution in [1.29, 1.82) is 0 Å². The van der Waals surface area contributed by atoms with E-state index < -0.39 is 0 Å². The number of nitrogens with zero attached hydrogens (tertiary/aromatic N) is 4. The molecule has 0 aliphatic rings. The highest BCUT2D eigenvalue weighted by atomic mass is 79.9. The van der Waals surface area contributed by atoms with Crippen LogP contribution in [0.15, 0.2) is 23.1 Å². The molecule has 0 aliphatic carbocycles. The predicted molar refractivity (Wildman–Crippen MR) is 79.3 cm³/mol. The van der Waals surface area contributed by atoms with Gasteiger partial charge in [-0.3, -0.25) is 4.68 Å². The lowest BCUT2D eigenvalue weighted by Gasteiger charge is -2.09. The first-order chi connectivity index (χ1) is 9.04. The topological polar surface area (TPSA) is 55.6 Å². The third-order valence-electron chi connectivity index (χ3n) is 2.64. The summed E-state index contributed by atoms with van der Waals surface area (Å²) in [7, 11) is 0. The fourth-order valence-electron chi connectivity index (χ4n) is 1.67. The Morgan fingerprint density at radius 3 is 2.79 bits per heavy atom. The van der Waals surface area contributed by atoms with Crippen LogP contribution in [0.1, 0.15) is 31.2 Å². The average Bonchev–Trinajstić information content (AvgIpc) is 2.74. The van der Waals surface area contributed by atoms with Gasteiger partial charge in [0.2, 0.25) is 0 Å². The number of anilines is 1. The van der Waals surface area contributed by atoms with Gasteiger partial charge in [0.25, 0.3) is 0 Å². The number of rotatable bonds is 5. The van der Waals surface area contributed by atoms with Gasteiger partial charge in [0, 0.05) is 24.7 Å². The van der Waals surface area contributed by atoms with E-state index in [1.165, 1.54) is 5.56 Å². The summed E-state index contributed by atoms with van der Waals surface area (Å²) < 4.78 is 2.73. The zero-order chi connectivity index (χ0) is 13.8. The number of aryl methyl sites for hydroxylation is 1. The zero-order valence-corrected chi connectivity index (χ0v) is 13.0. The lowest BCUT2D eigenvalue weighted by Crippen LogP contribution is -2.12. The van der Waals surface area contributed by atoms with Gasteiger partial charge in [-0.15, -0.1) is 0 Å². The molecule has 19 heavy (non-hydrogen) atoms. The van der Waals surface area contributed by atoms with Crippen LogP contribution in [-0.2, 0) is 6.54 Å². The van der Waals surface area contributed by atoms with Crippen molar-refractivity contribution in [2.24, 2.45) is 0 Å². The summed E-state index contributed by atoms with van der Waals surface area (Å²) in [4.78, 5) is 8.84. The second kappa shape index (κ2) is 6.14. The van der Waals surface area contributed by atoms with Crippen LogP contribution in [0, 0.1) is 6.92 Å². The van der Waals surface area contributed by atoms with E-state index in [9.17, 15) is 0 Å². The molecule has 0 aromatic carbocycles. The van der Waals surface area contributed by atoms with Crippen LogP contribution in [0.4, 0.5) is 5.82 Å². The number of nitrogens with one attached hydrogen (secondary N) is 1. The van der Waals surface area contributed by atoms with Gasteiger partial charge in [-0.05, 0) is 28.4 Å². The smallest absolute Gasteiger partial charge is 0.134 e. The van der Waals surface area contributed by atoms with Crippen molar-refractivity contribution in [1.82, 2.24) is 19.7 Å². The Morgan fingerprint density at radius 2 is 2.16 bits per heavy atom. The van der Waals surface area contributed by atoms with Gasteiger partial charge < -0.3 is 5.32 Å². The molecule has 0 unspecified atom stereocenters. The summed E-state index contributed by atoms with van der Waals surface area (Å²) in [6.45, 7) is 7.79. The molecule has 2 rings (SSSR count). The molecule has 1 N–H and O–H groups in total. The van der Waals surface area contributed by atoms with Crippen molar-refractivity contribution < 1.29 is 0 Å². The Bertz CT molecular complexity index is 550. The summed E-state index contributed by atoms with van der Waals surface area (Å²) >= 11 is 3.41. The van der Waals surface area contributed by atoms with Crippen LogP contribution in [0.3, 0.4) is 0 Å². The van der Waals surface area contributed by atoms with E-state index >= 15 is 0 Å². The van der Waals surface area contributed by atoms with Gasteiger partial charge in [-0.2, -0.15) is 5.10 Å². The summed E-state index contributed by atoms with van der Waals surface area (Å²) in [6, 6.07) is 1.89. The number of hydrogen-bond acceptors (Lipinski definition) is 4.